The van der Waals surface area contributed by atoms with Gasteiger partial charge in [-0.25, -0.2) is 0 Å². The summed E-state index contributed by atoms with van der Waals surface area (Å²) in [6.07, 6.45) is 0. The second kappa shape index (κ2) is 5.49. The van der Waals surface area contributed by atoms with Crippen molar-refractivity contribution in [1.82, 2.24) is 0 Å². The summed E-state index contributed by atoms with van der Waals surface area (Å²) in [4.78, 5) is 25.6. The Kier molecular flexibility index (Phi) is 5.42. The first kappa shape index (κ1) is 11.8. The molecule has 0 aliphatic carbocycles. The van der Waals surface area contributed by atoms with E-state index in [2.05, 4.69) is 16.0 Å². The fourth-order valence-electron chi connectivity index (χ4n) is 0.410. The molecule has 0 amide bonds. The molecule has 66 valence electrons. The fraction of sp³-hybridized carbons (Fsp3) is 0. The van der Waals surface area contributed by atoms with Crippen LogP contribution in [0.1, 0.15) is 0 Å². The summed E-state index contributed by atoms with van der Waals surface area (Å²) in [7, 11) is -5.39. The van der Waals surface area contributed by atoms with Crippen molar-refractivity contribution in [1.29, 1.82) is 0 Å². The second-order valence-corrected chi connectivity index (χ2v) is 3.26. The maximum atomic E-state index is 8.55. The van der Waals surface area contributed by atoms with E-state index in [1.54, 1.807) is 0 Å². The van der Waals surface area contributed by atoms with Crippen molar-refractivity contribution in [3.05, 3.63) is 30.3 Å². The Morgan fingerprint density at radius 2 is 1.42 bits per heavy atom. The van der Waals surface area contributed by atoms with Gasteiger partial charge < -0.3 is 19.2 Å². The van der Waals surface area contributed by atoms with E-state index >= 15 is 0 Å². The number of benzene rings is 1. The molecule has 0 aliphatic rings. The van der Waals surface area contributed by atoms with Crippen LogP contribution in [0.15, 0.2) is 30.3 Å². The fourth-order valence-corrected chi connectivity index (χ4v) is 0.622. The van der Waals surface area contributed by atoms with Gasteiger partial charge in [-0.15, -0.1) is 0 Å². The standard InChI is InChI=1S/C6H5.Fe.H3O4P/c1-2-4-6-5-3-1;;1-5(2,3)4/h1-5H;;(H3,1,2,3,4)/q;+3;/p-3. The minimum absolute atomic E-state index is 1.07. The molecule has 0 radical (unpaired) electrons. The third-order valence-corrected chi connectivity index (χ3v) is 1.09. The molecule has 0 heterocycles. The Balaban J connectivity index is 0.000000217. The van der Waals surface area contributed by atoms with Gasteiger partial charge in [0.2, 0.25) is 0 Å². The molecule has 0 saturated heterocycles. The van der Waals surface area contributed by atoms with E-state index in [4.69, 9.17) is 19.2 Å². The van der Waals surface area contributed by atoms with Crippen LogP contribution in [-0.4, -0.2) is 0 Å². The van der Waals surface area contributed by atoms with Crippen LogP contribution in [0.5, 0.6) is 0 Å². The summed E-state index contributed by atoms with van der Waals surface area (Å²) in [6, 6.07) is 9.87. The van der Waals surface area contributed by atoms with Crippen LogP contribution in [0.3, 0.4) is 0 Å². The molecule has 1 aromatic rings. The Morgan fingerprint density at radius 1 is 1.08 bits per heavy atom. The van der Waals surface area contributed by atoms with Crippen LogP contribution in [0, 0.1) is 0 Å². The molecule has 4 nitrogen and oxygen atoms in total. The first-order valence-electron chi connectivity index (χ1n) is 2.82. The maximum absolute atomic E-state index is 8.55. The van der Waals surface area contributed by atoms with Crippen molar-refractivity contribution in [2.45, 2.75) is 0 Å². The SMILES string of the molecule is O=P([O-])([O-])[O-].[Fe+3][c]1ccccc1. The first-order valence-corrected chi connectivity index (χ1v) is 4.83. The summed E-state index contributed by atoms with van der Waals surface area (Å²) in [5.41, 5.74) is 0. The average molecular weight is 228 g/mol. The zero-order chi connectivity index (χ0) is 9.61. The van der Waals surface area contributed by atoms with Gasteiger partial charge in [0.1, 0.15) is 0 Å². The zero-order valence-electron chi connectivity index (χ0n) is 5.82. The van der Waals surface area contributed by atoms with Crippen LogP contribution in [0.4, 0.5) is 0 Å². The third-order valence-electron chi connectivity index (χ3n) is 0.725. The van der Waals surface area contributed by atoms with Crippen molar-refractivity contribution in [3.63, 3.8) is 0 Å². The summed E-state index contributed by atoms with van der Waals surface area (Å²) in [5.74, 6) is 0. The molecular formula is C6H5FeO4P. The van der Waals surface area contributed by atoms with Crippen LogP contribution in [0.2, 0.25) is 0 Å². The van der Waals surface area contributed by atoms with E-state index in [9.17, 15) is 0 Å². The van der Waals surface area contributed by atoms with Gasteiger partial charge in [0.15, 0.2) is 0 Å². The van der Waals surface area contributed by atoms with E-state index in [0.717, 1.165) is 4.46 Å². The summed E-state index contributed by atoms with van der Waals surface area (Å²) in [6.45, 7) is 0. The molecule has 0 N–H and O–H groups in total. The average Bonchev–Trinajstić information content (AvgIpc) is 1.85. The quantitative estimate of drug-likeness (QED) is 0.380. The van der Waals surface area contributed by atoms with Gasteiger partial charge in [-0.2, -0.15) is 7.82 Å². The van der Waals surface area contributed by atoms with E-state index in [1.807, 2.05) is 30.3 Å². The molecule has 6 heteroatoms. The Bertz CT molecular complexity index is 249. The Morgan fingerprint density at radius 3 is 1.58 bits per heavy atom. The van der Waals surface area contributed by atoms with Crippen LogP contribution >= 0.6 is 7.82 Å². The van der Waals surface area contributed by atoms with Crippen molar-refractivity contribution in [2.75, 3.05) is 0 Å². The molecule has 1 aromatic carbocycles. The molecule has 0 unspecified atom stereocenters. The zero-order valence-corrected chi connectivity index (χ0v) is 7.82. The number of rotatable bonds is 0. The van der Waals surface area contributed by atoms with Crippen LogP contribution in [0.25, 0.3) is 0 Å². The molecule has 0 bridgehead atoms. The molecule has 12 heavy (non-hydrogen) atoms. The topological polar surface area (TPSA) is 86.2 Å². The van der Waals surface area contributed by atoms with Gasteiger partial charge in [-0.3, -0.25) is 0 Å². The summed E-state index contributed by atoms with van der Waals surface area (Å²) >= 11 is 3.72. The number of hydrogen-bond donors (Lipinski definition) is 0. The monoisotopic (exact) mass is 228 g/mol. The van der Waals surface area contributed by atoms with Gasteiger partial charge in [-0.1, -0.05) is 0 Å². The predicted molar refractivity (Wildman–Crippen MR) is 33.7 cm³/mol. The van der Waals surface area contributed by atoms with Crippen molar-refractivity contribution in [2.24, 2.45) is 0 Å². The van der Waals surface area contributed by atoms with Crippen molar-refractivity contribution < 1.29 is 35.3 Å². The molecule has 1 rings (SSSR count). The van der Waals surface area contributed by atoms with E-state index in [-0.39, 0.29) is 0 Å². The molecule has 0 fully saturated rings. The van der Waals surface area contributed by atoms with Gasteiger partial charge in [0.05, 0.1) is 0 Å². The van der Waals surface area contributed by atoms with Gasteiger partial charge in [-0.05, 0) is 0 Å². The number of hydrogen-bond acceptors (Lipinski definition) is 4. The van der Waals surface area contributed by atoms with Crippen molar-refractivity contribution in [3.8, 4) is 0 Å². The van der Waals surface area contributed by atoms with Gasteiger partial charge >= 0.3 is 50.8 Å². The Labute approximate surface area is 78.3 Å². The molecule has 0 saturated carbocycles. The minimum atomic E-state index is -5.39. The van der Waals surface area contributed by atoms with E-state index in [1.165, 1.54) is 0 Å². The van der Waals surface area contributed by atoms with E-state index in [0.29, 0.717) is 0 Å². The summed E-state index contributed by atoms with van der Waals surface area (Å²) in [5, 5.41) is 0. The van der Waals surface area contributed by atoms with Crippen LogP contribution < -0.4 is 19.1 Å². The first-order chi connectivity index (χ1) is 5.39. The predicted octanol–water partition coefficient (Wildman–Crippen LogP) is -1.97. The molecule has 0 aliphatic heterocycles. The van der Waals surface area contributed by atoms with Crippen LogP contribution in [-0.2, 0) is 20.6 Å². The molecule has 0 spiro atoms. The summed E-state index contributed by atoms with van der Waals surface area (Å²) < 4.78 is 9.62. The molecule has 0 atom stereocenters. The van der Waals surface area contributed by atoms with Gasteiger partial charge in [0, 0.05) is 0 Å². The van der Waals surface area contributed by atoms with Crippen molar-refractivity contribution >= 4 is 12.3 Å². The van der Waals surface area contributed by atoms with E-state index < -0.39 is 7.82 Å². The Hall–Kier alpha value is -0.151. The van der Waals surface area contributed by atoms with Gasteiger partial charge in [0.25, 0.3) is 0 Å². The third kappa shape index (κ3) is 12.5. The molecular weight excluding hydrogens is 223 g/mol. The number of phosphoric acid groups is 1. The second-order valence-electron chi connectivity index (χ2n) is 1.73. The molecule has 0 aromatic heterocycles. The normalized spacial score (nSPS) is 9.92.